The highest BCUT2D eigenvalue weighted by Gasteiger charge is 2.06. The molecule has 1 heterocycles. The normalized spacial score (nSPS) is 10.8. The molecule has 0 bridgehead atoms. The van der Waals surface area contributed by atoms with Crippen molar-refractivity contribution in [3.05, 3.63) is 71.3 Å². The van der Waals surface area contributed by atoms with Gasteiger partial charge in [0.2, 0.25) is 0 Å². The van der Waals surface area contributed by atoms with E-state index >= 15 is 0 Å². The van der Waals surface area contributed by atoms with Crippen LogP contribution in [0.4, 0.5) is 5.82 Å². The summed E-state index contributed by atoms with van der Waals surface area (Å²) in [5, 5.41) is 1.15. The van der Waals surface area contributed by atoms with E-state index in [9.17, 15) is 0 Å². The van der Waals surface area contributed by atoms with Gasteiger partial charge in [0, 0.05) is 5.39 Å². The Hall–Kier alpha value is -2.35. The Balaban J connectivity index is 2.11. The number of nitrogen functional groups attached to an aromatic ring is 1. The van der Waals surface area contributed by atoms with Gasteiger partial charge in [0.25, 0.3) is 0 Å². The van der Waals surface area contributed by atoms with Crippen molar-refractivity contribution in [3.63, 3.8) is 0 Å². The summed E-state index contributed by atoms with van der Waals surface area (Å²) >= 11 is 0. The standard InChI is InChI=1S/C17H16N2/c1-12-10-14-8-5-9-15(16(14)19-17(12)18)11-13-6-3-2-4-7-13/h2-10H,11H2,1H3,(H2,18,19). The molecule has 0 spiro atoms. The van der Waals surface area contributed by atoms with Crippen LogP contribution in [0.5, 0.6) is 0 Å². The van der Waals surface area contributed by atoms with Gasteiger partial charge in [0.05, 0.1) is 5.52 Å². The van der Waals surface area contributed by atoms with Gasteiger partial charge in [-0.2, -0.15) is 0 Å². The van der Waals surface area contributed by atoms with Gasteiger partial charge in [-0.05, 0) is 36.1 Å². The number of hydrogen-bond donors (Lipinski definition) is 1. The number of benzene rings is 2. The van der Waals surface area contributed by atoms with E-state index in [2.05, 4.69) is 53.5 Å². The first-order valence-electron chi connectivity index (χ1n) is 6.43. The number of nitrogens with two attached hydrogens (primary N) is 1. The molecule has 0 aliphatic carbocycles. The molecule has 2 aromatic carbocycles. The van der Waals surface area contributed by atoms with Gasteiger partial charge < -0.3 is 5.73 Å². The number of aromatic nitrogens is 1. The maximum atomic E-state index is 5.94. The van der Waals surface area contributed by atoms with Crippen LogP contribution in [0, 0.1) is 6.92 Å². The number of pyridine rings is 1. The molecule has 3 aromatic rings. The molecule has 19 heavy (non-hydrogen) atoms. The predicted molar refractivity (Wildman–Crippen MR) is 80.1 cm³/mol. The molecule has 0 saturated carbocycles. The van der Waals surface area contributed by atoms with E-state index in [1.165, 1.54) is 11.1 Å². The first-order chi connectivity index (χ1) is 9.24. The van der Waals surface area contributed by atoms with Crippen LogP contribution >= 0.6 is 0 Å². The van der Waals surface area contributed by atoms with Crippen LogP contribution in [0.25, 0.3) is 10.9 Å². The van der Waals surface area contributed by atoms with Crippen molar-refractivity contribution < 1.29 is 0 Å². The van der Waals surface area contributed by atoms with E-state index in [1.54, 1.807) is 0 Å². The fourth-order valence-electron chi connectivity index (χ4n) is 2.34. The lowest BCUT2D eigenvalue weighted by molar-refractivity contribution is 1.19. The SMILES string of the molecule is Cc1cc2cccc(Cc3ccccc3)c2nc1N. The van der Waals surface area contributed by atoms with Crippen molar-refractivity contribution >= 4 is 16.7 Å². The number of anilines is 1. The summed E-state index contributed by atoms with van der Waals surface area (Å²) in [7, 11) is 0. The van der Waals surface area contributed by atoms with Crippen LogP contribution < -0.4 is 5.73 Å². The van der Waals surface area contributed by atoms with E-state index < -0.39 is 0 Å². The van der Waals surface area contributed by atoms with E-state index in [0.717, 1.165) is 22.9 Å². The van der Waals surface area contributed by atoms with Gasteiger partial charge in [-0.25, -0.2) is 4.98 Å². The summed E-state index contributed by atoms with van der Waals surface area (Å²) in [5.41, 5.74) is 10.5. The number of aryl methyl sites for hydroxylation is 1. The fourth-order valence-corrected chi connectivity index (χ4v) is 2.34. The number of nitrogens with zero attached hydrogens (tertiary/aromatic N) is 1. The van der Waals surface area contributed by atoms with Gasteiger partial charge in [-0.3, -0.25) is 0 Å². The Morgan fingerprint density at radius 1 is 1.00 bits per heavy atom. The number of fused-ring (bicyclic) bond motifs is 1. The molecule has 0 aliphatic rings. The van der Waals surface area contributed by atoms with Gasteiger partial charge >= 0.3 is 0 Å². The number of rotatable bonds is 2. The van der Waals surface area contributed by atoms with Crippen LogP contribution in [0.1, 0.15) is 16.7 Å². The Labute approximate surface area is 112 Å². The van der Waals surface area contributed by atoms with Crippen molar-refractivity contribution in [3.8, 4) is 0 Å². The molecular weight excluding hydrogens is 232 g/mol. The molecule has 2 N–H and O–H groups in total. The van der Waals surface area contributed by atoms with E-state index in [1.807, 2.05) is 13.0 Å². The van der Waals surface area contributed by atoms with Gasteiger partial charge in [-0.1, -0.05) is 48.5 Å². The van der Waals surface area contributed by atoms with Crippen LogP contribution in [-0.4, -0.2) is 4.98 Å². The van der Waals surface area contributed by atoms with E-state index in [4.69, 9.17) is 5.73 Å². The second kappa shape index (κ2) is 4.73. The quantitative estimate of drug-likeness (QED) is 0.750. The second-order valence-electron chi connectivity index (χ2n) is 4.84. The Morgan fingerprint density at radius 2 is 1.79 bits per heavy atom. The molecule has 2 heteroatoms. The summed E-state index contributed by atoms with van der Waals surface area (Å²) in [6.45, 7) is 1.99. The number of para-hydroxylation sites is 1. The van der Waals surface area contributed by atoms with Gasteiger partial charge in [0.15, 0.2) is 0 Å². The highest BCUT2D eigenvalue weighted by Crippen LogP contribution is 2.23. The van der Waals surface area contributed by atoms with Crippen LogP contribution in [0.15, 0.2) is 54.6 Å². The molecule has 0 radical (unpaired) electrons. The molecule has 2 nitrogen and oxygen atoms in total. The first-order valence-corrected chi connectivity index (χ1v) is 6.43. The minimum atomic E-state index is 0.619. The third kappa shape index (κ3) is 2.29. The lowest BCUT2D eigenvalue weighted by Crippen LogP contribution is -1.97. The zero-order valence-corrected chi connectivity index (χ0v) is 10.9. The van der Waals surface area contributed by atoms with Gasteiger partial charge in [0.1, 0.15) is 5.82 Å². The van der Waals surface area contributed by atoms with Crippen molar-refractivity contribution in [1.29, 1.82) is 0 Å². The summed E-state index contributed by atoms with van der Waals surface area (Å²) in [4.78, 5) is 4.55. The topological polar surface area (TPSA) is 38.9 Å². The Morgan fingerprint density at radius 3 is 2.58 bits per heavy atom. The summed E-state index contributed by atoms with van der Waals surface area (Å²) in [6.07, 6.45) is 0.883. The average molecular weight is 248 g/mol. The molecule has 0 atom stereocenters. The summed E-state index contributed by atoms with van der Waals surface area (Å²) in [5.74, 6) is 0.619. The summed E-state index contributed by atoms with van der Waals surface area (Å²) < 4.78 is 0. The largest absolute Gasteiger partial charge is 0.383 e. The molecule has 94 valence electrons. The van der Waals surface area contributed by atoms with Crippen LogP contribution in [0.2, 0.25) is 0 Å². The minimum Gasteiger partial charge on any atom is -0.383 e. The van der Waals surface area contributed by atoms with Crippen LogP contribution in [-0.2, 0) is 6.42 Å². The highest BCUT2D eigenvalue weighted by molar-refractivity contribution is 5.84. The third-order valence-corrected chi connectivity index (χ3v) is 3.40. The monoisotopic (exact) mass is 248 g/mol. The van der Waals surface area contributed by atoms with Crippen LogP contribution in [0.3, 0.4) is 0 Å². The number of hydrogen-bond acceptors (Lipinski definition) is 2. The van der Waals surface area contributed by atoms with Crippen molar-refractivity contribution in [2.45, 2.75) is 13.3 Å². The Bertz CT molecular complexity index is 718. The maximum absolute atomic E-state index is 5.94. The van der Waals surface area contributed by atoms with Crippen molar-refractivity contribution in [1.82, 2.24) is 4.98 Å². The zero-order chi connectivity index (χ0) is 13.2. The smallest absolute Gasteiger partial charge is 0.127 e. The van der Waals surface area contributed by atoms with E-state index in [0.29, 0.717) is 5.82 Å². The minimum absolute atomic E-state index is 0.619. The third-order valence-electron chi connectivity index (χ3n) is 3.40. The molecule has 0 saturated heterocycles. The lowest BCUT2D eigenvalue weighted by Gasteiger charge is -2.08. The fraction of sp³-hybridized carbons (Fsp3) is 0.118. The molecule has 0 unspecified atom stereocenters. The van der Waals surface area contributed by atoms with E-state index in [-0.39, 0.29) is 0 Å². The molecule has 0 aliphatic heterocycles. The lowest BCUT2D eigenvalue weighted by atomic mass is 10.0. The molecular formula is C17H16N2. The first kappa shape index (κ1) is 11.7. The summed E-state index contributed by atoms with van der Waals surface area (Å²) in [6, 6.07) is 18.8. The van der Waals surface area contributed by atoms with Crippen molar-refractivity contribution in [2.24, 2.45) is 0 Å². The molecule has 0 fully saturated rings. The zero-order valence-electron chi connectivity index (χ0n) is 10.9. The Kier molecular flexibility index (Phi) is 2.92. The molecule has 3 rings (SSSR count). The predicted octanol–water partition coefficient (Wildman–Crippen LogP) is 3.72. The maximum Gasteiger partial charge on any atom is 0.127 e. The average Bonchev–Trinajstić information content (AvgIpc) is 2.42. The molecule has 0 amide bonds. The molecule has 1 aromatic heterocycles. The van der Waals surface area contributed by atoms with Gasteiger partial charge in [-0.15, -0.1) is 0 Å². The highest BCUT2D eigenvalue weighted by atomic mass is 14.8. The van der Waals surface area contributed by atoms with Crippen molar-refractivity contribution in [2.75, 3.05) is 5.73 Å². The second-order valence-corrected chi connectivity index (χ2v) is 4.84.